The summed E-state index contributed by atoms with van der Waals surface area (Å²) in [4.78, 5) is 28.8. The summed E-state index contributed by atoms with van der Waals surface area (Å²) >= 11 is 2.09. The summed E-state index contributed by atoms with van der Waals surface area (Å²) in [6, 6.07) is 12.3. The average Bonchev–Trinajstić information content (AvgIpc) is 3.07. The van der Waals surface area contributed by atoms with Crippen LogP contribution in [0.4, 0.5) is 0 Å². The highest BCUT2D eigenvalue weighted by molar-refractivity contribution is 14.1. The number of amides is 2. The fourth-order valence-corrected chi connectivity index (χ4v) is 6.59. The van der Waals surface area contributed by atoms with Gasteiger partial charge >= 0.3 is 0 Å². The van der Waals surface area contributed by atoms with Crippen molar-refractivity contribution in [2.24, 2.45) is 0 Å². The van der Waals surface area contributed by atoms with Crippen molar-refractivity contribution in [3.63, 3.8) is 0 Å². The van der Waals surface area contributed by atoms with Crippen LogP contribution in [0.15, 0.2) is 54.1 Å². The van der Waals surface area contributed by atoms with Crippen LogP contribution >= 0.6 is 22.6 Å². The standard InChI is InChI=1S/C36H51IN2O7/c1-3-4-5-6-7-8-9-10-14-17-33(42)39(24-26-15-12-11-13-16-26)30-22-28(36(44)38-18-19-40)23-31(34(30)43)46-35-29(37)20-27(25-41)21-32(35)45-2/h11-13,15-16,20-21,23,30-31,34,40-41,43H,3-10,14,17-19,22,24-25H2,1-2H3,(H,38,44). The van der Waals surface area contributed by atoms with E-state index in [2.05, 4.69) is 34.8 Å². The molecule has 0 saturated heterocycles. The van der Waals surface area contributed by atoms with Crippen LogP contribution in [0.2, 0.25) is 0 Å². The Labute approximate surface area is 287 Å². The van der Waals surface area contributed by atoms with Gasteiger partial charge in [0, 0.05) is 31.5 Å². The Hall–Kier alpha value is -2.67. The highest BCUT2D eigenvalue weighted by atomic mass is 127. The summed E-state index contributed by atoms with van der Waals surface area (Å²) in [5.74, 6) is 0.286. The Morgan fingerprint density at radius 2 is 1.65 bits per heavy atom. The van der Waals surface area contributed by atoms with Gasteiger partial charge in [-0.2, -0.15) is 0 Å². The van der Waals surface area contributed by atoms with Crippen molar-refractivity contribution in [3.05, 3.63) is 68.8 Å². The summed E-state index contributed by atoms with van der Waals surface area (Å²) in [6.07, 6.45) is 10.2. The van der Waals surface area contributed by atoms with E-state index in [4.69, 9.17) is 9.47 Å². The Morgan fingerprint density at radius 3 is 2.28 bits per heavy atom. The number of ether oxygens (including phenoxy) is 2. The van der Waals surface area contributed by atoms with Gasteiger partial charge in [0.2, 0.25) is 11.8 Å². The van der Waals surface area contributed by atoms with Crippen molar-refractivity contribution in [2.45, 2.75) is 109 Å². The molecule has 0 heterocycles. The Balaban J connectivity index is 1.85. The minimum Gasteiger partial charge on any atom is -0.493 e. The Morgan fingerprint density at radius 1 is 0.978 bits per heavy atom. The first-order valence-corrected chi connectivity index (χ1v) is 17.7. The molecule has 1 aliphatic rings. The van der Waals surface area contributed by atoms with Crippen LogP contribution in [0.25, 0.3) is 0 Å². The van der Waals surface area contributed by atoms with E-state index in [0.29, 0.717) is 32.6 Å². The molecule has 3 rings (SSSR count). The predicted octanol–water partition coefficient (Wildman–Crippen LogP) is 5.66. The fraction of sp³-hybridized carbons (Fsp3) is 0.556. The topological polar surface area (TPSA) is 129 Å². The average molecular weight is 751 g/mol. The number of nitrogens with one attached hydrogen (secondary N) is 1. The van der Waals surface area contributed by atoms with Crippen molar-refractivity contribution in [1.29, 1.82) is 0 Å². The molecular formula is C36H51IN2O7. The number of carbonyl (C=O) groups is 2. The number of nitrogens with zero attached hydrogens (tertiary/aromatic N) is 1. The van der Waals surface area contributed by atoms with Gasteiger partial charge in [0.25, 0.3) is 0 Å². The molecule has 46 heavy (non-hydrogen) atoms. The van der Waals surface area contributed by atoms with Crippen molar-refractivity contribution in [3.8, 4) is 11.5 Å². The normalized spacial score (nSPS) is 17.7. The van der Waals surface area contributed by atoms with Gasteiger partial charge in [-0.15, -0.1) is 0 Å². The van der Waals surface area contributed by atoms with Gasteiger partial charge in [-0.05, 0) is 58.3 Å². The second kappa shape index (κ2) is 20.5. The number of benzene rings is 2. The van der Waals surface area contributed by atoms with Crippen molar-refractivity contribution in [2.75, 3.05) is 20.3 Å². The summed E-state index contributed by atoms with van der Waals surface area (Å²) in [7, 11) is 1.50. The van der Waals surface area contributed by atoms with Crippen molar-refractivity contribution in [1.82, 2.24) is 10.2 Å². The molecule has 3 atom stereocenters. The van der Waals surface area contributed by atoms with Crippen molar-refractivity contribution < 1.29 is 34.4 Å². The Kier molecular flexibility index (Phi) is 16.9. The largest absolute Gasteiger partial charge is 0.493 e. The molecule has 2 aromatic carbocycles. The van der Waals surface area contributed by atoms with E-state index in [1.807, 2.05) is 30.3 Å². The first-order chi connectivity index (χ1) is 22.3. The monoisotopic (exact) mass is 750 g/mol. The maximum absolute atomic E-state index is 13.9. The number of unbranched alkanes of at least 4 members (excludes halogenated alkanes) is 8. The number of rotatable bonds is 20. The number of methoxy groups -OCH3 is 1. The lowest BCUT2D eigenvalue weighted by Crippen LogP contribution is -2.54. The second-order valence-corrected chi connectivity index (χ2v) is 13.0. The third-order valence-corrected chi connectivity index (χ3v) is 9.15. The van der Waals surface area contributed by atoms with E-state index in [1.165, 1.54) is 45.6 Å². The van der Waals surface area contributed by atoms with Crippen molar-refractivity contribution >= 4 is 34.4 Å². The van der Waals surface area contributed by atoms with Crippen LogP contribution in [0, 0.1) is 3.57 Å². The molecule has 0 spiro atoms. The zero-order valence-electron chi connectivity index (χ0n) is 27.3. The number of carbonyl (C=O) groups excluding carboxylic acids is 2. The zero-order chi connectivity index (χ0) is 33.3. The molecule has 3 unspecified atom stereocenters. The van der Waals surface area contributed by atoms with Gasteiger partial charge in [-0.3, -0.25) is 9.59 Å². The van der Waals surface area contributed by atoms with Gasteiger partial charge in [-0.1, -0.05) is 88.6 Å². The molecule has 4 N–H and O–H groups in total. The van der Waals surface area contributed by atoms with Gasteiger partial charge in [-0.25, -0.2) is 0 Å². The minimum absolute atomic E-state index is 0.0777. The maximum Gasteiger partial charge on any atom is 0.247 e. The van der Waals surface area contributed by atoms with Gasteiger partial charge < -0.3 is 35.0 Å². The summed E-state index contributed by atoms with van der Waals surface area (Å²) in [6.45, 7) is 2.19. The molecule has 2 amide bonds. The number of halogens is 1. The molecule has 0 radical (unpaired) electrons. The first-order valence-electron chi connectivity index (χ1n) is 16.6. The lowest BCUT2D eigenvalue weighted by molar-refractivity contribution is -0.139. The molecule has 0 aliphatic heterocycles. The third kappa shape index (κ3) is 11.5. The smallest absolute Gasteiger partial charge is 0.247 e. The van der Waals surface area contributed by atoms with Crippen LogP contribution in [-0.4, -0.2) is 70.5 Å². The predicted molar refractivity (Wildman–Crippen MR) is 187 cm³/mol. The summed E-state index contributed by atoms with van der Waals surface area (Å²) < 4.78 is 12.6. The number of hydrogen-bond acceptors (Lipinski definition) is 7. The molecular weight excluding hydrogens is 699 g/mol. The molecule has 0 aromatic heterocycles. The van der Waals surface area contributed by atoms with Gasteiger partial charge in [0.1, 0.15) is 12.2 Å². The molecule has 0 fully saturated rings. The minimum atomic E-state index is -1.15. The lowest BCUT2D eigenvalue weighted by atomic mass is 9.87. The van der Waals surface area contributed by atoms with Crippen LogP contribution in [-0.2, 0) is 22.7 Å². The molecule has 1 aliphatic carbocycles. The zero-order valence-corrected chi connectivity index (χ0v) is 29.4. The summed E-state index contributed by atoms with van der Waals surface area (Å²) in [5.41, 5.74) is 1.93. The quantitative estimate of drug-likeness (QED) is 0.102. The van der Waals surface area contributed by atoms with Gasteiger partial charge in [0.15, 0.2) is 11.5 Å². The first kappa shape index (κ1) is 37.8. The Bertz CT molecular complexity index is 1260. The molecule has 0 saturated carbocycles. The summed E-state index contributed by atoms with van der Waals surface area (Å²) in [5, 5.41) is 33.5. The second-order valence-electron chi connectivity index (χ2n) is 11.9. The SMILES string of the molecule is CCCCCCCCCCCC(=O)N(Cc1ccccc1)C1CC(C(=O)NCCO)=CC(Oc2c(I)cc(CO)cc2OC)C1O. The van der Waals surface area contributed by atoms with E-state index in [1.54, 1.807) is 23.1 Å². The van der Waals surface area contributed by atoms with Crippen LogP contribution in [0.5, 0.6) is 11.5 Å². The number of aliphatic hydroxyl groups excluding tert-OH is 3. The van der Waals surface area contributed by atoms with Crippen LogP contribution in [0.3, 0.4) is 0 Å². The van der Waals surface area contributed by atoms with Crippen LogP contribution < -0.4 is 14.8 Å². The van der Waals surface area contributed by atoms with E-state index in [-0.39, 0.29) is 44.5 Å². The van der Waals surface area contributed by atoms with Crippen LogP contribution in [0.1, 0.15) is 88.7 Å². The van der Waals surface area contributed by atoms with Gasteiger partial charge in [0.05, 0.1) is 29.9 Å². The molecule has 0 bridgehead atoms. The number of hydrogen-bond donors (Lipinski definition) is 4. The highest BCUT2D eigenvalue weighted by Gasteiger charge is 2.41. The number of aliphatic hydroxyl groups is 3. The maximum atomic E-state index is 13.9. The molecule has 10 heteroatoms. The van der Waals surface area contributed by atoms with E-state index >= 15 is 0 Å². The molecule has 254 valence electrons. The molecule has 2 aromatic rings. The van der Waals surface area contributed by atoms with E-state index in [9.17, 15) is 24.9 Å². The third-order valence-electron chi connectivity index (χ3n) is 8.35. The highest BCUT2D eigenvalue weighted by Crippen LogP contribution is 2.37. The van der Waals surface area contributed by atoms with E-state index in [0.717, 1.165) is 24.8 Å². The van der Waals surface area contributed by atoms with E-state index < -0.39 is 18.2 Å². The fourth-order valence-electron chi connectivity index (χ4n) is 5.80. The lowest BCUT2D eigenvalue weighted by Gasteiger charge is -2.41. The molecule has 9 nitrogen and oxygen atoms in total.